The van der Waals surface area contributed by atoms with Crippen molar-refractivity contribution < 1.29 is 19.2 Å². The predicted molar refractivity (Wildman–Crippen MR) is 211 cm³/mol. The van der Waals surface area contributed by atoms with Gasteiger partial charge in [-0.25, -0.2) is 0 Å². The molecule has 0 saturated heterocycles. The minimum atomic E-state index is -0.660. The van der Waals surface area contributed by atoms with E-state index in [-0.39, 0.29) is 11.8 Å². The Morgan fingerprint density at radius 2 is 0.760 bits per heavy atom. The van der Waals surface area contributed by atoms with Crippen LogP contribution in [0.1, 0.15) is 127 Å². The van der Waals surface area contributed by atoms with E-state index < -0.39 is 23.9 Å². The summed E-state index contributed by atoms with van der Waals surface area (Å²) in [5, 5.41) is 5.61. The lowest BCUT2D eigenvalue weighted by Crippen LogP contribution is -2.45. The van der Waals surface area contributed by atoms with Gasteiger partial charge in [0.15, 0.2) is 0 Å². The number of rotatable bonds is 31. The van der Waals surface area contributed by atoms with Crippen LogP contribution in [0.4, 0.5) is 0 Å². The first-order chi connectivity index (χ1) is 24.3. The van der Waals surface area contributed by atoms with Crippen molar-refractivity contribution in [3.63, 3.8) is 0 Å². The van der Waals surface area contributed by atoms with Crippen molar-refractivity contribution >= 4 is 45.2 Å². The SMILES string of the molecule is NC(=O)[C@H](Cc1ccccc1)NC(=O)CCCCCCCCCCSSCCCCCCCCCCC(=O)N[C@@H](Cc1ccccc1)C(N)=O. The van der Waals surface area contributed by atoms with Crippen molar-refractivity contribution in [3.8, 4) is 0 Å². The van der Waals surface area contributed by atoms with Crippen molar-refractivity contribution in [1.29, 1.82) is 0 Å². The van der Waals surface area contributed by atoms with Crippen LogP contribution in [-0.2, 0) is 32.0 Å². The van der Waals surface area contributed by atoms with Crippen LogP contribution in [0.2, 0.25) is 0 Å². The van der Waals surface area contributed by atoms with Crippen LogP contribution in [0.25, 0.3) is 0 Å². The van der Waals surface area contributed by atoms with Gasteiger partial charge in [-0.1, -0.05) is 159 Å². The molecule has 2 aromatic carbocycles. The quantitative estimate of drug-likeness (QED) is 0.0461. The van der Waals surface area contributed by atoms with Crippen LogP contribution >= 0.6 is 21.6 Å². The summed E-state index contributed by atoms with van der Waals surface area (Å²) in [5.74, 6) is 1.27. The Kier molecular flexibility index (Phi) is 24.8. The molecule has 0 bridgehead atoms. The van der Waals surface area contributed by atoms with Crippen LogP contribution in [0.5, 0.6) is 0 Å². The highest BCUT2D eigenvalue weighted by molar-refractivity contribution is 8.76. The number of benzene rings is 2. The van der Waals surface area contributed by atoms with Gasteiger partial charge in [0, 0.05) is 37.2 Å². The number of hydrogen-bond acceptors (Lipinski definition) is 6. The monoisotopic (exact) mass is 726 g/mol. The molecular formula is C40H62N4O4S2. The maximum absolute atomic E-state index is 12.3. The van der Waals surface area contributed by atoms with Gasteiger partial charge in [-0.3, -0.25) is 19.2 Å². The number of hydrogen-bond donors (Lipinski definition) is 4. The van der Waals surface area contributed by atoms with Crippen LogP contribution in [0.3, 0.4) is 0 Å². The standard InChI is InChI=1S/C40H62N4O4S2/c41-39(47)35(31-33-23-15-13-16-24-33)43-37(45)27-19-9-5-1-3-7-11-21-29-49-50-30-22-12-8-4-2-6-10-20-28-38(46)44-36(40(42)48)32-34-25-17-14-18-26-34/h13-18,23-26,35-36H,1-12,19-22,27-32H2,(H2,41,47)(H2,42,48)(H,43,45)(H,44,46)/t35-,36-/m0/s1. The second-order valence-corrected chi connectivity index (χ2v) is 15.9. The summed E-state index contributed by atoms with van der Waals surface area (Å²) in [6.45, 7) is 0. The molecule has 0 fully saturated rings. The molecule has 4 amide bonds. The largest absolute Gasteiger partial charge is 0.368 e. The normalized spacial score (nSPS) is 12.2. The second-order valence-electron chi connectivity index (χ2n) is 13.2. The van der Waals surface area contributed by atoms with E-state index >= 15 is 0 Å². The Morgan fingerprint density at radius 1 is 0.460 bits per heavy atom. The smallest absolute Gasteiger partial charge is 0.240 e. The van der Waals surface area contributed by atoms with E-state index in [1.165, 1.54) is 75.7 Å². The van der Waals surface area contributed by atoms with E-state index in [0.717, 1.165) is 49.7 Å². The van der Waals surface area contributed by atoms with E-state index in [4.69, 9.17) is 11.5 Å². The first kappa shape index (κ1) is 43.2. The molecule has 0 aliphatic carbocycles. The molecule has 0 heterocycles. The van der Waals surface area contributed by atoms with E-state index in [2.05, 4.69) is 10.6 Å². The number of carbonyl (C=O) groups excluding carboxylic acids is 4. The van der Waals surface area contributed by atoms with Crippen molar-refractivity contribution in [2.24, 2.45) is 11.5 Å². The van der Waals surface area contributed by atoms with Crippen LogP contribution in [0.15, 0.2) is 60.7 Å². The second kappa shape index (κ2) is 28.7. The predicted octanol–water partition coefficient (Wildman–Crippen LogP) is 7.82. The minimum absolute atomic E-state index is 0.0962. The third-order valence-electron chi connectivity index (χ3n) is 8.77. The molecule has 0 unspecified atom stereocenters. The number of nitrogens with one attached hydrogen (secondary N) is 2. The summed E-state index contributed by atoms with van der Waals surface area (Å²) >= 11 is 0. The van der Waals surface area contributed by atoms with Crippen molar-refractivity contribution in [2.75, 3.05) is 11.5 Å². The van der Waals surface area contributed by atoms with Gasteiger partial charge in [0.25, 0.3) is 0 Å². The van der Waals surface area contributed by atoms with E-state index in [9.17, 15) is 19.2 Å². The Balaban J connectivity index is 1.29. The van der Waals surface area contributed by atoms with Crippen LogP contribution in [0, 0.1) is 0 Å². The van der Waals surface area contributed by atoms with Crippen molar-refractivity contribution in [1.82, 2.24) is 10.6 Å². The molecule has 6 N–H and O–H groups in total. The molecule has 0 aromatic heterocycles. The molecule has 0 saturated carbocycles. The summed E-state index contributed by atoms with van der Waals surface area (Å²) in [4.78, 5) is 48.1. The zero-order chi connectivity index (χ0) is 36.1. The van der Waals surface area contributed by atoms with Gasteiger partial charge in [0.2, 0.25) is 23.6 Å². The topological polar surface area (TPSA) is 144 Å². The number of nitrogens with two attached hydrogens (primary N) is 2. The third-order valence-corrected chi connectivity index (χ3v) is 11.3. The summed E-state index contributed by atoms with van der Waals surface area (Å²) in [6.07, 6.45) is 20.4. The fourth-order valence-corrected chi connectivity index (χ4v) is 8.10. The average molecular weight is 727 g/mol. The molecule has 8 nitrogen and oxygen atoms in total. The number of carbonyl (C=O) groups is 4. The third kappa shape index (κ3) is 22.7. The van der Waals surface area contributed by atoms with Gasteiger partial charge >= 0.3 is 0 Å². The molecule has 0 radical (unpaired) electrons. The molecule has 2 rings (SSSR count). The Labute approximate surface area is 309 Å². The highest BCUT2D eigenvalue weighted by atomic mass is 33.1. The summed E-state index contributed by atoms with van der Waals surface area (Å²) < 4.78 is 0. The fraction of sp³-hybridized carbons (Fsp3) is 0.600. The first-order valence-corrected chi connectivity index (χ1v) is 21.3. The Bertz CT molecular complexity index is 1110. The molecule has 2 aromatic rings. The van der Waals surface area contributed by atoms with Gasteiger partial charge in [0.05, 0.1) is 0 Å². The zero-order valence-corrected chi connectivity index (χ0v) is 31.7. The number of unbranched alkanes of at least 4 members (excludes halogenated alkanes) is 14. The maximum Gasteiger partial charge on any atom is 0.240 e. The Morgan fingerprint density at radius 3 is 1.08 bits per heavy atom. The minimum Gasteiger partial charge on any atom is -0.368 e. The molecule has 50 heavy (non-hydrogen) atoms. The molecule has 0 aliphatic heterocycles. The van der Waals surface area contributed by atoms with Gasteiger partial charge in [0.1, 0.15) is 12.1 Å². The van der Waals surface area contributed by atoms with Gasteiger partial charge < -0.3 is 22.1 Å². The van der Waals surface area contributed by atoms with Crippen LogP contribution in [-0.4, -0.2) is 47.2 Å². The number of primary amides is 2. The highest BCUT2D eigenvalue weighted by Crippen LogP contribution is 2.25. The van der Waals surface area contributed by atoms with Gasteiger partial charge in [-0.05, 0) is 36.8 Å². The lowest BCUT2D eigenvalue weighted by molar-refractivity contribution is -0.127. The van der Waals surface area contributed by atoms with Gasteiger partial charge in [-0.2, -0.15) is 0 Å². The summed E-state index contributed by atoms with van der Waals surface area (Å²) in [6, 6.07) is 17.9. The van der Waals surface area contributed by atoms with Crippen molar-refractivity contribution in [2.45, 2.75) is 141 Å². The number of amides is 4. The zero-order valence-electron chi connectivity index (χ0n) is 30.1. The lowest BCUT2D eigenvalue weighted by Gasteiger charge is -2.15. The maximum atomic E-state index is 12.3. The fourth-order valence-electron chi connectivity index (χ4n) is 5.81. The Hall–Kier alpha value is -2.98. The van der Waals surface area contributed by atoms with Crippen LogP contribution < -0.4 is 22.1 Å². The first-order valence-electron chi connectivity index (χ1n) is 18.8. The van der Waals surface area contributed by atoms with E-state index in [1.807, 2.05) is 82.3 Å². The highest BCUT2D eigenvalue weighted by Gasteiger charge is 2.19. The van der Waals surface area contributed by atoms with E-state index in [1.54, 1.807) is 0 Å². The molecule has 10 heteroatoms. The molecule has 0 spiro atoms. The molecule has 0 aliphatic rings. The van der Waals surface area contributed by atoms with E-state index in [0.29, 0.717) is 25.7 Å². The molecular weight excluding hydrogens is 665 g/mol. The average Bonchev–Trinajstić information content (AvgIpc) is 3.10. The summed E-state index contributed by atoms with van der Waals surface area (Å²) in [5.41, 5.74) is 13.0. The van der Waals surface area contributed by atoms with Crippen molar-refractivity contribution in [3.05, 3.63) is 71.8 Å². The van der Waals surface area contributed by atoms with Gasteiger partial charge in [-0.15, -0.1) is 0 Å². The summed E-state index contributed by atoms with van der Waals surface area (Å²) in [7, 11) is 4.03. The molecule has 2 atom stereocenters. The molecule has 278 valence electrons. The lowest BCUT2D eigenvalue weighted by atomic mass is 10.0.